The summed E-state index contributed by atoms with van der Waals surface area (Å²) >= 11 is 0. The largest absolute Gasteiger partial charge is 0.482 e. The molecule has 0 saturated carbocycles. The summed E-state index contributed by atoms with van der Waals surface area (Å²) in [6.45, 7) is -0.0660. The minimum absolute atomic E-state index is 0.0660. The van der Waals surface area contributed by atoms with E-state index in [2.05, 4.69) is 5.32 Å². The van der Waals surface area contributed by atoms with E-state index < -0.39 is 11.7 Å². The lowest BCUT2D eigenvalue weighted by Crippen LogP contribution is -2.25. The lowest BCUT2D eigenvalue weighted by atomic mass is 10.0. The number of hydrogen-bond donors (Lipinski definition) is 1. The van der Waals surface area contributed by atoms with Crippen LogP contribution in [0.5, 0.6) is 5.75 Å². The summed E-state index contributed by atoms with van der Waals surface area (Å²) in [6, 6.07) is 9.97. The zero-order chi connectivity index (χ0) is 15.0. The molecule has 0 aliphatic carbocycles. The lowest BCUT2D eigenvalue weighted by molar-refractivity contribution is -0.137. The van der Waals surface area contributed by atoms with Gasteiger partial charge in [0.05, 0.1) is 11.3 Å². The summed E-state index contributed by atoms with van der Waals surface area (Å²) in [5.41, 5.74) is 1.24. The molecule has 0 fully saturated rings. The van der Waals surface area contributed by atoms with Gasteiger partial charge in [-0.15, -0.1) is 0 Å². The Hall–Kier alpha value is -2.50. The normalized spacial score (nSPS) is 14.1. The van der Waals surface area contributed by atoms with Gasteiger partial charge in [-0.25, -0.2) is 0 Å². The van der Waals surface area contributed by atoms with Crippen molar-refractivity contribution in [1.82, 2.24) is 0 Å². The van der Waals surface area contributed by atoms with Gasteiger partial charge in [-0.05, 0) is 35.4 Å². The summed E-state index contributed by atoms with van der Waals surface area (Å²) in [7, 11) is 0. The van der Waals surface area contributed by atoms with Crippen LogP contribution in [-0.4, -0.2) is 12.5 Å². The molecule has 0 radical (unpaired) electrons. The van der Waals surface area contributed by atoms with E-state index in [1.165, 1.54) is 12.1 Å². The van der Waals surface area contributed by atoms with E-state index in [-0.39, 0.29) is 12.5 Å². The molecule has 3 nitrogen and oxygen atoms in total. The molecule has 21 heavy (non-hydrogen) atoms. The van der Waals surface area contributed by atoms with Crippen molar-refractivity contribution in [2.45, 2.75) is 6.18 Å². The number of carbonyl (C=O) groups is 1. The summed E-state index contributed by atoms with van der Waals surface area (Å²) in [4.78, 5) is 11.2. The van der Waals surface area contributed by atoms with E-state index in [0.717, 1.165) is 17.7 Å². The van der Waals surface area contributed by atoms with Crippen molar-refractivity contribution in [2.24, 2.45) is 0 Å². The highest BCUT2D eigenvalue weighted by Crippen LogP contribution is 2.34. The highest BCUT2D eigenvalue weighted by atomic mass is 19.4. The predicted octanol–water partition coefficient (Wildman–Crippen LogP) is 3.70. The Bertz CT molecular complexity index is 693. The highest BCUT2D eigenvalue weighted by Gasteiger charge is 2.30. The summed E-state index contributed by atoms with van der Waals surface area (Å²) in [6.07, 6.45) is -4.35. The predicted molar refractivity (Wildman–Crippen MR) is 71.0 cm³/mol. The maximum absolute atomic E-state index is 12.5. The Morgan fingerprint density at radius 1 is 1.00 bits per heavy atom. The molecule has 1 amide bonds. The number of nitrogens with one attached hydrogen (secondary N) is 1. The first-order valence-electron chi connectivity index (χ1n) is 6.18. The molecule has 1 N–H and O–H groups in total. The van der Waals surface area contributed by atoms with Crippen LogP contribution in [0.4, 0.5) is 18.9 Å². The van der Waals surface area contributed by atoms with Crippen molar-refractivity contribution in [3.8, 4) is 16.9 Å². The molecule has 0 aromatic heterocycles. The molecule has 3 rings (SSSR count). The van der Waals surface area contributed by atoms with Gasteiger partial charge in [0.1, 0.15) is 5.75 Å². The van der Waals surface area contributed by atoms with Crippen LogP contribution in [0.25, 0.3) is 11.1 Å². The fourth-order valence-corrected chi connectivity index (χ4v) is 2.11. The van der Waals surface area contributed by atoms with Gasteiger partial charge in [0, 0.05) is 0 Å². The number of hydrogen-bond acceptors (Lipinski definition) is 2. The van der Waals surface area contributed by atoms with Crippen molar-refractivity contribution >= 4 is 11.6 Å². The van der Waals surface area contributed by atoms with Gasteiger partial charge in [-0.1, -0.05) is 18.2 Å². The van der Waals surface area contributed by atoms with Crippen molar-refractivity contribution in [3.63, 3.8) is 0 Å². The average molecular weight is 293 g/mol. The molecule has 0 unspecified atom stereocenters. The molecule has 0 bridgehead atoms. The van der Waals surface area contributed by atoms with Gasteiger partial charge < -0.3 is 10.1 Å². The SMILES string of the molecule is O=C1COc2cc(-c3ccc(C(F)(F)F)cc3)ccc2N1. The Labute approximate surface area is 118 Å². The van der Waals surface area contributed by atoms with Crippen LogP contribution in [0.1, 0.15) is 5.56 Å². The molecule has 0 saturated heterocycles. The number of anilines is 1. The van der Waals surface area contributed by atoms with Gasteiger partial charge in [0.25, 0.3) is 5.91 Å². The third-order valence-electron chi connectivity index (χ3n) is 3.16. The topological polar surface area (TPSA) is 38.3 Å². The van der Waals surface area contributed by atoms with Crippen LogP contribution in [0, 0.1) is 0 Å². The summed E-state index contributed by atoms with van der Waals surface area (Å²) < 4.78 is 42.9. The zero-order valence-electron chi connectivity index (χ0n) is 10.7. The number of alkyl halides is 3. The van der Waals surface area contributed by atoms with Crippen LogP contribution >= 0.6 is 0 Å². The second-order valence-electron chi connectivity index (χ2n) is 4.62. The lowest BCUT2D eigenvalue weighted by Gasteiger charge is -2.18. The van der Waals surface area contributed by atoms with Gasteiger partial charge in [-0.3, -0.25) is 4.79 Å². The molecule has 0 spiro atoms. The van der Waals surface area contributed by atoms with E-state index in [4.69, 9.17) is 4.74 Å². The van der Waals surface area contributed by atoms with Crippen LogP contribution in [0.15, 0.2) is 42.5 Å². The van der Waals surface area contributed by atoms with Crippen LogP contribution in [0.2, 0.25) is 0 Å². The van der Waals surface area contributed by atoms with E-state index >= 15 is 0 Å². The Morgan fingerprint density at radius 2 is 1.67 bits per heavy atom. The maximum atomic E-state index is 12.5. The third-order valence-corrected chi connectivity index (χ3v) is 3.16. The molecule has 2 aromatic rings. The van der Waals surface area contributed by atoms with Gasteiger partial charge in [0.2, 0.25) is 0 Å². The fourth-order valence-electron chi connectivity index (χ4n) is 2.11. The number of benzene rings is 2. The molecule has 1 aliphatic heterocycles. The minimum Gasteiger partial charge on any atom is -0.482 e. The van der Waals surface area contributed by atoms with Crippen molar-refractivity contribution in [2.75, 3.05) is 11.9 Å². The molecular weight excluding hydrogens is 283 g/mol. The number of amides is 1. The molecule has 108 valence electrons. The first kappa shape index (κ1) is 13.5. The third kappa shape index (κ3) is 2.69. The molecule has 0 atom stereocenters. The molecule has 1 heterocycles. The number of carbonyl (C=O) groups excluding carboxylic acids is 1. The quantitative estimate of drug-likeness (QED) is 0.870. The zero-order valence-corrected chi connectivity index (χ0v) is 10.7. The molecule has 1 aliphatic rings. The maximum Gasteiger partial charge on any atom is 0.416 e. The van der Waals surface area contributed by atoms with E-state index in [0.29, 0.717) is 17.0 Å². The second kappa shape index (κ2) is 4.80. The van der Waals surface area contributed by atoms with Crippen molar-refractivity contribution in [3.05, 3.63) is 48.0 Å². The van der Waals surface area contributed by atoms with Gasteiger partial charge in [0.15, 0.2) is 6.61 Å². The summed E-state index contributed by atoms with van der Waals surface area (Å²) in [5, 5.41) is 2.65. The van der Waals surface area contributed by atoms with Crippen molar-refractivity contribution < 1.29 is 22.7 Å². The standard InChI is InChI=1S/C15H10F3NO2/c16-15(17,18)11-4-1-9(2-5-11)10-3-6-12-13(7-10)21-8-14(20)19-12/h1-7H,8H2,(H,19,20). The number of halogens is 3. The molecular formula is C15H10F3NO2. The monoisotopic (exact) mass is 293 g/mol. The second-order valence-corrected chi connectivity index (χ2v) is 4.62. The van der Waals surface area contributed by atoms with E-state index in [1.54, 1.807) is 18.2 Å². The summed E-state index contributed by atoms with van der Waals surface area (Å²) in [5.74, 6) is 0.275. The first-order valence-corrected chi connectivity index (χ1v) is 6.18. The van der Waals surface area contributed by atoms with Gasteiger partial charge >= 0.3 is 6.18 Å². The number of fused-ring (bicyclic) bond motifs is 1. The van der Waals surface area contributed by atoms with Crippen LogP contribution in [0.3, 0.4) is 0 Å². The highest BCUT2D eigenvalue weighted by molar-refractivity contribution is 5.95. The minimum atomic E-state index is -4.35. The number of rotatable bonds is 1. The smallest absolute Gasteiger partial charge is 0.416 e. The average Bonchev–Trinajstić information content (AvgIpc) is 2.46. The van der Waals surface area contributed by atoms with Gasteiger partial charge in [-0.2, -0.15) is 13.2 Å². The van der Waals surface area contributed by atoms with E-state index in [9.17, 15) is 18.0 Å². The fraction of sp³-hybridized carbons (Fsp3) is 0.133. The van der Waals surface area contributed by atoms with Crippen molar-refractivity contribution in [1.29, 1.82) is 0 Å². The van der Waals surface area contributed by atoms with E-state index in [1.807, 2.05) is 0 Å². The Kier molecular flexibility index (Phi) is 3.08. The molecule has 6 heteroatoms. The van der Waals surface area contributed by atoms with Crippen LogP contribution in [-0.2, 0) is 11.0 Å². The Morgan fingerprint density at radius 3 is 2.33 bits per heavy atom. The number of ether oxygens (including phenoxy) is 1. The van der Waals surface area contributed by atoms with Crippen LogP contribution < -0.4 is 10.1 Å². The molecule has 2 aromatic carbocycles. The Balaban J connectivity index is 1.92. The first-order chi connectivity index (χ1) is 9.93.